The summed E-state index contributed by atoms with van der Waals surface area (Å²) in [5.41, 5.74) is 0.937. The molecule has 0 unspecified atom stereocenters. The first-order valence-corrected chi connectivity index (χ1v) is 10.1. The molecule has 0 bridgehead atoms. The van der Waals surface area contributed by atoms with Crippen molar-refractivity contribution in [3.63, 3.8) is 0 Å². The summed E-state index contributed by atoms with van der Waals surface area (Å²) in [6.07, 6.45) is -0.220. The highest BCUT2D eigenvalue weighted by Gasteiger charge is 2.02. The third kappa shape index (κ3) is 15.7. The number of rotatable bonds is 18. The topological polar surface area (TPSA) is 102 Å². The second-order valence-corrected chi connectivity index (χ2v) is 5.99. The lowest BCUT2D eigenvalue weighted by atomic mass is 10.2. The Bertz CT molecular complexity index is 555. The van der Waals surface area contributed by atoms with Gasteiger partial charge in [-0.15, -0.1) is 0 Å². The monoisotopic (exact) mass is 427 g/mol. The number of benzene rings is 1. The summed E-state index contributed by atoms with van der Waals surface area (Å²) in [6, 6.07) is 9.48. The Labute approximate surface area is 177 Å². The van der Waals surface area contributed by atoms with Crippen molar-refractivity contribution >= 4 is 12.1 Å². The fourth-order valence-corrected chi connectivity index (χ4v) is 2.15. The van der Waals surface area contributed by atoms with Crippen LogP contribution in [0.25, 0.3) is 0 Å². The maximum absolute atomic E-state index is 11.5. The molecular formula is C21H33NO8. The highest BCUT2D eigenvalue weighted by Crippen LogP contribution is 2.00. The zero-order chi connectivity index (χ0) is 21.7. The van der Waals surface area contributed by atoms with E-state index in [1.165, 1.54) is 0 Å². The van der Waals surface area contributed by atoms with Crippen LogP contribution in [0.5, 0.6) is 0 Å². The number of alkyl carbamates (subject to hydrolysis) is 1. The number of carbonyl (C=O) groups excluding carboxylic acids is 2. The van der Waals surface area contributed by atoms with Gasteiger partial charge in [-0.05, 0) is 12.5 Å². The molecule has 0 aliphatic heterocycles. The van der Waals surface area contributed by atoms with Crippen LogP contribution in [0, 0.1) is 0 Å². The van der Waals surface area contributed by atoms with Crippen molar-refractivity contribution in [3.8, 4) is 0 Å². The average Bonchev–Trinajstić information content (AvgIpc) is 2.76. The van der Waals surface area contributed by atoms with E-state index in [-0.39, 0.29) is 19.0 Å². The Morgan fingerprint density at radius 1 is 0.767 bits per heavy atom. The Kier molecular flexibility index (Phi) is 16.2. The maximum atomic E-state index is 11.5. The van der Waals surface area contributed by atoms with Crippen molar-refractivity contribution in [1.29, 1.82) is 0 Å². The Balaban J connectivity index is 1.76. The highest BCUT2D eigenvalue weighted by atomic mass is 16.6. The molecule has 0 aromatic heterocycles. The van der Waals surface area contributed by atoms with Gasteiger partial charge in [0.1, 0.15) is 6.61 Å². The number of hydrogen-bond donors (Lipinski definition) is 1. The minimum atomic E-state index is -0.472. The van der Waals surface area contributed by atoms with Crippen molar-refractivity contribution in [2.75, 3.05) is 66.0 Å². The normalized spacial score (nSPS) is 10.6. The van der Waals surface area contributed by atoms with Crippen LogP contribution < -0.4 is 5.32 Å². The SMILES string of the molecule is CCOC(=O)CCOCCOCCOCCOCCNC(=O)OCc1ccccc1. The molecule has 0 fully saturated rings. The third-order valence-electron chi connectivity index (χ3n) is 3.60. The predicted molar refractivity (Wildman–Crippen MR) is 109 cm³/mol. The Morgan fingerprint density at radius 2 is 1.33 bits per heavy atom. The van der Waals surface area contributed by atoms with Crippen molar-refractivity contribution in [2.45, 2.75) is 20.0 Å². The lowest BCUT2D eigenvalue weighted by molar-refractivity contribution is -0.144. The van der Waals surface area contributed by atoms with E-state index in [9.17, 15) is 9.59 Å². The number of nitrogens with one attached hydrogen (secondary N) is 1. The zero-order valence-corrected chi connectivity index (χ0v) is 17.6. The van der Waals surface area contributed by atoms with Gasteiger partial charge >= 0.3 is 12.1 Å². The van der Waals surface area contributed by atoms with E-state index in [0.717, 1.165) is 5.56 Å². The van der Waals surface area contributed by atoms with Gasteiger partial charge < -0.3 is 33.7 Å². The molecule has 0 spiro atoms. The molecule has 9 heteroatoms. The maximum Gasteiger partial charge on any atom is 0.407 e. The molecule has 170 valence electrons. The van der Waals surface area contributed by atoms with Crippen LogP contribution in [0.15, 0.2) is 30.3 Å². The molecule has 0 saturated heterocycles. The smallest absolute Gasteiger partial charge is 0.407 e. The van der Waals surface area contributed by atoms with E-state index in [1.54, 1.807) is 6.92 Å². The second-order valence-electron chi connectivity index (χ2n) is 5.99. The van der Waals surface area contributed by atoms with Crippen LogP contribution in [-0.2, 0) is 39.8 Å². The second kappa shape index (κ2) is 18.8. The predicted octanol–water partition coefficient (Wildman–Crippen LogP) is 1.93. The summed E-state index contributed by atoms with van der Waals surface area (Å²) >= 11 is 0. The Morgan fingerprint density at radius 3 is 1.93 bits per heavy atom. The van der Waals surface area contributed by atoms with Gasteiger partial charge in [0.2, 0.25) is 0 Å². The summed E-state index contributed by atoms with van der Waals surface area (Å²) in [5.74, 6) is -0.257. The Hall–Kier alpha value is -2.20. The third-order valence-corrected chi connectivity index (χ3v) is 3.60. The molecule has 0 heterocycles. The average molecular weight is 427 g/mol. The van der Waals surface area contributed by atoms with Gasteiger partial charge in [-0.25, -0.2) is 4.79 Å². The first-order chi connectivity index (χ1) is 14.7. The van der Waals surface area contributed by atoms with Crippen molar-refractivity contribution in [3.05, 3.63) is 35.9 Å². The van der Waals surface area contributed by atoms with Gasteiger partial charge in [0.15, 0.2) is 0 Å². The number of ether oxygens (including phenoxy) is 6. The molecule has 30 heavy (non-hydrogen) atoms. The van der Waals surface area contributed by atoms with Crippen LogP contribution in [0.4, 0.5) is 4.79 Å². The first-order valence-electron chi connectivity index (χ1n) is 10.1. The molecule has 0 atom stereocenters. The number of esters is 1. The lowest BCUT2D eigenvalue weighted by Gasteiger charge is -2.09. The van der Waals surface area contributed by atoms with Gasteiger partial charge in [-0.1, -0.05) is 30.3 Å². The standard InChI is InChI=1S/C21H33NO8/c1-2-29-20(23)8-10-25-12-14-27-16-17-28-15-13-26-11-9-22-21(24)30-18-19-6-4-3-5-7-19/h3-7H,2,8-18H2,1H3,(H,22,24). The van der Waals surface area contributed by atoms with Gasteiger partial charge in [0, 0.05) is 6.54 Å². The molecule has 1 amide bonds. The van der Waals surface area contributed by atoms with Crippen LogP contribution in [0.3, 0.4) is 0 Å². The quantitative estimate of drug-likeness (QED) is 0.280. The molecule has 0 aliphatic rings. The fourth-order valence-electron chi connectivity index (χ4n) is 2.15. The summed E-state index contributed by atoms with van der Waals surface area (Å²) in [4.78, 5) is 22.6. The molecule has 1 aromatic carbocycles. The van der Waals surface area contributed by atoms with E-state index in [0.29, 0.717) is 66.0 Å². The summed E-state index contributed by atoms with van der Waals surface area (Å²) in [6.45, 7) is 6.10. The van der Waals surface area contributed by atoms with E-state index in [2.05, 4.69) is 5.32 Å². The molecule has 1 N–H and O–H groups in total. The summed E-state index contributed by atoms with van der Waals surface area (Å²) in [5, 5.41) is 2.62. The van der Waals surface area contributed by atoms with Crippen molar-refractivity contribution in [1.82, 2.24) is 5.32 Å². The number of carbonyl (C=O) groups is 2. The minimum Gasteiger partial charge on any atom is -0.466 e. The molecule has 9 nitrogen and oxygen atoms in total. The molecule has 1 rings (SSSR count). The van der Waals surface area contributed by atoms with Crippen LogP contribution in [0.2, 0.25) is 0 Å². The van der Waals surface area contributed by atoms with E-state index < -0.39 is 6.09 Å². The van der Waals surface area contributed by atoms with Crippen molar-refractivity contribution < 1.29 is 38.0 Å². The van der Waals surface area contributed by atoms with E-state index >= 15 is 0 Å². The summed E-state index contributed by atoms with van der Waals surface area (Å²) in [7, 11) is 0. The molecule has 1 aromatic rings. The number of amides is 1. The number of hydrogen-bond acceptors (Lipinski definition) is 8. The van der Waals surface area contributed by atoms with E-state index in [4.69, 9.17) is 28.4 Å². The van der Waals surface area contributed by atoms with Crippen LogP contribution in [-0.4, -0.2) is 78.1 Å². The molecule has 0 aliphatic carbocycles. The molecule has 0 radical (unpaired) electrons. The molecular weight excluding hydrogens is 394 g/mol. The highest BCUT2D eigenvalue weighted by molar-refractivity contribution is 5.69. The van der Waals surface area contributed by atoms with Gasteiger partial charge in [0.25, 0.3) is 0 Å². The zero-order valence-electron chi connectivity index (χ0n) is 17.6. The summed E-state index contributed by atoms with van der Waals surface area (Å²) < 4.78 is 31.2. The first kappa shape index (κ1) is 25.8. The minimum absolute atomic E-state index is 0.239. The largest absolute Gasteiger partial charge is 0.466 e. The van der Waals surface area contributed by atoms with Crippen molar-refractivity contribution in [2.24, 2.45) is 0 Å². The van der Waals surface area contributed by atoms with Gasteiger partial charge in [-0.3, -0.25) is 4.79 Å². The van der Waals surface area contributed by atoms with Crippen LogP contribution >= 0.6 is 0 Å². The van der Waals surface area contributed by atoms with Gasteiger partial charge in [-0.2, -0.15) is 0 Å². The molecule has 0 saturated carbocycles. The fraction of sp³-hybridized carbons (Fsp3) is 0.619. The van der Waals surface area contributed by atoms with Gasteiger partial charge in [0.05, 0.1) is 65.9 Å². The van der Waals surface area contributed by atoms with Crippen LogP contribution in [0.1, 0.15) is 18.9 Å². The lowest BCUT2D eigenvalue weighted by Crippen LogP contribution is -2.28. The van der Waals surface area contributed by atoms with E-state index in [1.807, 2.05) is 30.3 Å².